The molecule has 0 saturated heterocycles. The van der Waals surface area contributed by atoms with Gasteiger partial charge >= 0.3 is 0 Å². The van der Waals surface area contributed by atoms with E-state index in [0.717, 1.165) is 0 Å². The third-order valence-electron chi connectivity index (χ3n) is 2.47. The minimum Gasteiger partial charge on any atom is -0.376 e. The standard InChI is InChI=1S/C10H20N2O2/c1-8(11)10(13)12-6-7-14-9-4-2-3-5-9/h8-9H,2-7,11H2,1H3,(H,12,13). The zero-order valence-electron chi connectivity index (χ0n) is 8.79. The number of carbonyl (C=O) groups is 1. The molecular weight excluding hydrogens is 180 g/mol. The Morgan fingerprint density at radius 1 is 1.57 bits per heavy atom. The van der Waals surface area contributed by atoms with Gasteiger partial charge in [0.15, 0.2) is 0 Å². The van der Waals surface area contributed by atoms with Gasteiger partial charge in [-0.2, -0.15) is 0 Å². The summed E-state index contributed by atoms with van der Waals surface area (Å²) in [5.74, 6) is -0.111. The summed E-state index contributed by atoms with van der Waals surface area (Å²) in [7, 11) is 0. The van der Waals surface area contributed by atoms with Crippen molar-refractivity contribution >= 4 is 5.91 Å². The van der Waals surface area contributed by atoms with E-state index in [1.807, 2.05) is 0 Å². The van der Waals surface area contributed by atoms with Gasteiger partial charge < -0.3 is 15.8 Å². The first-order chi connectivity index (χ1) is 6.70. The fraction of sp³-hybridized carbons (Fsp3) is 0.900. The Bertz CT molecular complexity index is 177. The van der Waals surface area contributed by atoms with E-state index in [0.29, 0.717) is 19.3 Å². The molecule has 1 atom stereocenters. The molecule has 1 fully saturated rings. The van der Waals surface area contributed by atoms with Crippen molar-refractivity contribution in [2.45, 2.75) is 44.8 Å². The smallest absolute Gasteiger partial charge is 0.236 e. The summed E-state index contributed by atoms with van der Waals surface area (Å²) in [6.07, 6.45) is 5.30. The summed E-state index contributed by atoms with van der Waals surface area (Å²) in [5, 5.41) is 2.72. The molecule has 0 bridgehead atoms. The van der Waals surface area contributed by atoms with Crippen LogP contribution < -0.4 is 11.1 Å². The lowest BCUT2D eigenvalue weighted by Crippen LogP contribution is -2.39. The molecule has 82 valence electrons. The van der Waals surface area contributed by atoms with Crippen LogP contribution in [0.1, 0.15) is 32.6 Å². The van der Waals surface area contributed by atoms with Crippen molar-refractivity contribution in [2.75, 3.05) is 13.2 Å². The van der Waals surface area contributed by atoms with E-state index in [2.05, 4.69) is 5.32 Å². The summed E-state index contributed by atoms with van der Waals surface area (Å²) in [6.45, 7) is 2.84. The Morgan fingerprint density at radius 2 is 2.21 bits per heavy atom. The van der Waals surface area contributed by atoms with E-state index >= 15 is 0 Å². The normalized spacial score (nSPS) is 19.6. The lowest BCUT2D eigenvalue weighted by atomic mass is 10.3. The molecule has 1 aliphatic rings. The van der Waals surface area contributed by atoms with Gasteiger partial charge in [0.25, 0.3) is 0 Å². The number of rotatable bonds is 5. The highest BCUT2D eigenvalue weighted by atomic mass is 16.5. The van der Waals surface area contributed by atoms with Crippen molar-refractivity contribution in [1.82, 2.24) is 5.32 Å². The molecule has 0 heterocycles. The average Bonchev–Trinajstić information content (AvgIpc) is 2.64. The lowest BCUT2D eigenvalue weighted by Gasteiger charge is -2.12. The molecule has 0 aromatic heterocycles. The Balaban J connectivity index is 1.96. The summed E-state index contributed by atoms with van der Waals surface area (Å²) in [6, 6.07) is -0.429. The number of nitrogens with one attached hydrogen (secondary N) is 1. The first-order valence-corrected chi connectivity index (χ1v) is 5.35. The molecule has 3 N–H and O–H groups in total. The van der Waals surface area contributed by atoms with E-state index < -0.39 is 6.04 Å². The van der Waals surface area contributed by atoms with Crippen molar-refractivity contribution in [3.8, 4) is 0 Å². The van der Waals surface area contributed by atoms with Crippen LogP contribution in [-0.2, 0) is 9.53 Å². The molecule has 1 rings (SSSR count). The average molecular weight is 200 g/mol. The molecule has 0 aromatic carbocycles. The van der Waals surface area contributed by atoms with Gasteiger partial charge in [0.2, 0.25) is 5.91 Å². The molecule has 1 amide bonds. The van der Waals surface area contributed by atoms with Crippen LogP contribution in [0.4, 0.5) is 0 Å². The number of hydrogen-bond acceptors (Lipinski definition) is 3. The molecule has 1 saturated carbocycles. The summed E-state index contributed by atoms with van der Waals surface area (Å²) < 4.78 is 5.58. The quantitative estimate of drug-likeness (QED) is 0.632. The van der Waals surface area contributed by atoms with E-state index in [9.17, 15) is 4.79 Å². The van der Waals surface area contributed by atoms with Gasteiger partial charge in [0.05, 0.1) is 18.8 Å². The molecule has 0 radical (unpaired) electrons. The topological polar surface area (TPSA) is 64.4 Å². The molecule has 14 heavy (non-hydrogen) atoms. The monoisotopic (exact) mass is 200 g/mol. The maximum Gasteiger partial charge on any atom is 0.236 e. The van der Waals surface area contributed by atoms with Crippen molar-refractivity contribution < 1.29 is 9.53 Å². The second kappa shape index (κ2) is 5.98. The highest BCUT2D eigenvalue weighted by Gasteiger charge is 2.14. The fourth-order valence-electron chi connectivity index (χ4n) is 1.62. The molecular formula is C10H20N2O2. The largest absolute Gasteiger partial charge is 0.376 e. The second-order valence-corrected chi connectivity index (χ2v) is 3.86. The zero-order valence-corrected chi connectivity index (χ0v) is 8.79. The Kier molecular flexibility index (Phi) is 4.90. The van der Waals surface area contributed by atoms with E-state index in [1.54, 1.807) is 6.92 Å². The van der Waals surface area contributed by atoms with Gasteiger partial charge in [-0.25, -0.2) is 0 Å². The summed E-state index contributed by atoms with van der Waals surface area (Å²) in [4.78, 5) is 11.0. The number of nitrogens with two attached hydrogens (primary N) is 1. The SMILES string of the molecule is CC(N)C(=O)NCCOC1CCCC1. The molecule has 4 heteroatoms. The zero-order chi connectivity index (χ0) is 10.4. The third kappa shape index (κ3) is 4.07. The van der Waals surface area contributed by atoms with Crippen LogP contribution in [0.5, 0.6) is 0 Å². The predicted molar refractivity (Wildman–Crippen MR) is 54.9 cm³/mol. The fourth-order valence-corrected chi connectivity index (χ4v) is 1.62. The van der Waals surface area contributed by atoms with Gasteiger partial charge in [0, 0.05) is 6.54 Å². The second-order valence-electron chi connectivity index (χ2n) is 3.86. The van der Waals surface area contributed by atoms with Gasteiger partial charge in [0.1, 0.15) is 0 Å². The third-order valence-corrected chi connectivity index (χ3v) is 2.47. The van der Waals surface area contributed by atoms with Crippen LogP contribution in [0.3, 0.4) is 0 Å². The highest BCUT2D eigenvalue weighted by molar-refractivity contribution is 5.80. The number of amides is 1. The van der Waals surface area contributed by atoms with E-state index in [4.69, 9.17) is 10.5 Å². The molecule has 0 aromatic rings. The number of carbonyl (C=O) groups excluding carboxylic acids is 1. The van der Waals surface area contributed by atoms with Gasteiger partial charge in [-0.15, -0.1) is 0 Å². The van der Waals surface area contributed by atoms with Gasteiger partial charge in [-0.3, -0.25) is 4.79 Å². The van der Waals surface area contributed by atoms with Crippen LogP contribution in [0.25, 0.3) is 0 Å². The van der Waals surface area contributed by atoms with Crippen LogP contribution in [0.15, 0.2) is 0 Å². The van der Waals surface area contributed by atoms with Gasteiger partial charge in [-0.05, 0) is 19.8 Å². The van der Waals surface area contributed by atoms with Crippen molar-refractivity contribution in [2.24, 2.45) is 5.73 Å². The highest BCUT2D eigenvalue weighted by Crippen LogP contribution is 2.20. The maximum atomic E-state index is 11.0. The molecule has 0 aliphatic heterocycles. The Labute approximate surface area is 85.2 Å². The Morgan fingerprint density at radius 3 is 2.79 bits per heavy atom. The van der Waals surface area contributed by atoms with Crippen molar-refractivity contribution in [1.29, 1.82) is 0 Å². The van der Waals surface area contributed by atoms with Crippen LogP contribution in [-0.4, -0.2) is 31.2 Å². The van der Waals surface area contributed by atoms with Crippen molar-refractivity contribution in [3.05, 3.63) is 0 Å². The minimum atomic E-state index is -0.429. The minimum absolute atomic E-state index is 0.111. The molecule has 0 spiro atoms. The first-order valence-electron chi connectivity index (χ1n) is 5.35. The summed E-state index contributed by atoms with van der Waals surface area (Å²) in [5.41, 5.74) is 5.39. The van der Waals surface area contributed by atoms with Crippen molar-refractivity contribution in [3.63, 3.8) is 0 Å². The number of hydrogen-bond donors (Lipinski definition) is 2. The van der Waals surface area contributed by atoms with E-state index in [1.165, 1.54) is 25.7 Å². The molecule has 1 unspecified atom stereocenters. The Hall–Kier alpha value is -0.610. The first kappa shape index (κ1) is 11.5. The van der Waals surface area contributed by atoms with Gasteiger partial charge in [-0.1, -0.05) is 12.8 Å². The molecule has 4 nitrogen and oxygen atoms in total. The van der Waals surface area contributed by atoms with Crippen LogP contribution in [0, 0.1) is 0 Å². The maximum absolute atomic E-state index is 11.0. The molecule has 1 aliphatic carbocycles. The lowest BCUT2D eigenvalue weighted by molar-refractivity contribution is -0.122. The van der Waals surface area contributed by atoms with Crippen LogP contribution >= 0.6 is 0 Å². The number of ether oxygens (including phenoxy) is 1. The van der Waals surface area contributed by atoms with Crippen LogP contribution in [0.2, 0.25) is 0 Å². The van der Waals surface area contributed by atoms with E-state index in [-0.39, 0.29) is 5.91 Å². The predicted octanol–water partition coefficient (Wildman–Crippen LogP) is 0.409. The summed E-state index contributed by atoms with van der Waals surface area (Å²) >= 11 is 0.